The summed E-state index contributed by atoms with van der Waals surface area (Å²) in [6, 6.07) is 7.54. The number of carbonyl (C=O) groups is 1. The van der Waals surface area contributed by atoms with Crippen LogP contribution in [0.1, 0.15) is 80.2 Å². The molecule has 0 bridgehead atoms. The Balaban J connectivity index is 2.27. The SMILES string of the molecule is COC(C(=O)OCc1cccc(N(C)C)c1)[C@@H](OC(C)(C)CCOC(C)(C)C1OC(CC#CS(C)(C)C)[C@@H](OC(C)(C)C)C(O)C1O)C(O)C(O)C[C@@H](C)OC. The number of aliphatic hydroxyl groups is 4. The molecule has 1 aliphatic rings. The molecule has 7 unspecified atom stereocenters. The van der Waals surface area contributed by atoms with E-state index in [1.54, 1.807) is 34.6 Å². The highest BCUT2D eigenvalue weighted by molar-refractivity contribution is 8.35. The maximum Gasteiger partial charge on any atom is 0.338 e. The summed E-state index contributed by atoms with van der Waals surface area (Å²) in [6.45, 7) is 14.5. The zero-order chi connectivity index (χ0) is 42.8. The Morgan fingerprint density at radius 2 is 1.64 bits per heavy atom. The third kappa shape index (κ3) is 16.0. The maximum absolute atomic E-state index is 13.6. The van der Waals surface area contributed by atoms with Crippen LogP contribution < -0.4 is 4.90 Å². The second kappa shape index (κ2) is 21.3. The Kier molecular flexibility index (Phi) is 19.1. The van der Waals surface area contributed by atoms with Gasteiger partial charge in [-0.2, -0.15) is 10.0 Å². The highest BCUT2D eigenvalue weighted by Gasteiger charge is 2.52. The molecule has 0 aliphatic carbocycles. The van der Waals surface area contributed by atoms with Crippen molar-refractivity contribution in [2.45, 2.75) is 159 Å². The van der Waals surface area contributed by atoms with Crippen LogP contribution in [0.3, 0.4) is 0 Å². The molecule has 324 valence electrons. The molecule has 0 amide bonds. The van der Waals surface area contributed by atoms with E-state index in [0.717, 1.165) is 11.3 Å². The Morgan fingerprint density at radius 3 is 2.20 bits per heavy atom. The van der Waals surface area contributed by atoms with Gasteiger partial charge in [-0.05, 0) is 98.3 Å². The van der Waals surface area contributed by atoms with Gasteiger partial charge in [-0.3, -0.25) is 0 Å². The standard InChI is InChI=1S/C42H73NO12S/c1-27(49-11)24-30(44)32(45)36(37(50-12)39(48)51-26-28-18-16-19-29(25-28)43(9)10)55-41(5,6)21-22-52-42(7,8)38-34(47)33(46)35(54-40(2,3)4)31(53-38)20-17-23-56(13,14)15/h16,18-19,25,27,30-38,44-47H,20-22,24,26H2,1-15H3/t27-,30?,31?,32?,33?,34?,35-,36+,37?,38?/m1/s1. The lowest BCUT2D eigenvalue weighted by Crippen LogP contribution is -2.65. The quantitative estimate of drug-likeness (QED) is 0.110. The lowest BCUT2D eigenvalue weighted by atomic mass is 9.85. The summed E-state index contributed by atoms with van der Waals surface area (Å²) in [5.74, 6) is 2.44. The van der Waals surface area contributed by atoms with E-state index in [1.807, 2.05) is 64.0 Å². The second-order valence-corrected chi connectivity index (χ2v) is 21.7. The van der Waals surface area contributed by atoms with E-state index in [0.29, 0.717) is 6.42 Å². The first kappa shape index (κ1) is 50.1. The number of rotatable bonds is 20. The molecule has 1 fully saturated rings. The smallest absolute Gasteiger partial charge is 0.338 e. The molecule has 0 aromatic heterocycles. The molecule has 10 atom stereocenters. The minimum atomic E-state index is -1.56. The van der Waals surface area contributed by atoms with Gasteiger partial charge in [0.05, 0.1) is 41.7 Å². The number of aliphatic hydroxyl groups excluding tert-OH is 4. The first-order valence-corrected chi connectivity index (χ1v) is 22.1. The highest BCUT2D eigenvalue weighted by Crippen LogP contribution is 2.36. The summed E-state index contributed by atoms with van der Waals surface area (Å²) < 4.78 is 42.0. The fourth-order valence-electron chi connectivity index (χ4n) is 6.29. The molecule has 1 aliphatic heterocycles. The summed E-state index contributed by atoms with van der Waals surface area (Å²) in [6.07, 6.45) is -4.11. The molecule has 1 aromatic carbocycles. The summed E-state index contributed by atoms with van der Waals surface area (Å²) >= 11 is 0. The molecule has 0 spiro atoms. The van der Waals surface area contributed by atoms with E-state index in [2.05, 4.69) is 29.9 Å². The van der Waals surface area contributed by atoms with Crippen molar-refractivity contribution < 1.29 is 58.4 Å². The molecule has 4 N–H and O–H groups in total. The number of hydrogen-bond donors (Lipinski definition) is 4. The lowest BCUT2D eigenvalue weighted by molar-refractivity contribution is -0.287. The van der Waals surface area contributed by atoms with Crippen molar-refractivity contribution in [3.8, 4) is 11.2 Å². The van der Waals surface area contributed by atoms with Crippen molar-refractivity contribution in [1.82, 2.24) is 0 Å². The van der Waals surface area contributed by atoms with Gasteiger partial charge in [0.15, 0.2) is 6.10 Å². The van der Waals surface area contributed by atoms with Gasteiger partial charge in [0.1, 0.15) is 43.2 Å². The minimum Gasteiger partial charge on any atom is -0.459 e. The van der Waals surface area contributed by atoms with Gasteiger partial charge < -0.3 is 58.5 Å². The van der Waals surface area contributed by atoms with E-state index in [9.17, 15) is 25.2 Å². The average molecular weight is 816 g/mol. The molecule has 1 aromatic rings. The number of ether oxygens (including phenoxy) is 7. The lowest BCUT2D eigenvalue weighted by Gasteiger charge is -2.49. The van der Waals surface area contributed by atoms with Crippen LogP contribution in [0.15, 0.2) is 24.3 Å². The molecular formula is C42H73NO12S. The van der Waals surface area contributed by atoms with Crippen LogP contribution in [0.4, 0.5) is 5.69 Å². The molecule has 1 heterocycles. The van der Waals surface area contributed by atoms with Crippen LogP contribution in [0.25, 0.3) is 0 Å². The molecule has 14 heteroatoms. The number of anilines is 1. The van der Waals surface area contributed by atoms with E-state index in [1.165, 1.54) is 14.2 Å². The minimum absolute atomic E-state index is 0.0450. The monoisotopic (exact) mass is 815 g/mol. The molecular weight excluding hydrogens is 743 g/mol. The molecule has 13 nitrogen and oxygen atoms in total. The molecule has 2 rings (SSSR count). The van der Waals surface area contributed by atoms with Gasteiger partial charge in [0.2, 0.25) is 0 Å². The zero-order valence-corrected chi connectivity index (χ0v) is 37.3. The number of esters is 1. The van der Waals surface area contributed by atoms with Crippen molar-refractivity contribution in [3.63, 3.8) is 0 Å². The number of carbonyl (C=O) groups excluding carboxylic acids is 1. The second-order valence-electron chi connectivity index (χ2n) is 17.8. The largest absolute Gasteiger partial charge is 0.459 e. The normalized spacial score (nSPS) is 23.9. The third-order valence-electron chi connectivity index (χ3n) is 9.47. The van der Waals surface area contributed by atoms with Crippen LogP contribution in [-0.2, 0) is 44.6 Å². The van der Waals surface area contributed by atoms with Crippen molar-refractivity contribution in [3.05, 3.63) is 29.8 Å². The van der Waals surface area contributed by atoms with Crippen LogP contribution in [0.2, 0.25) is 0 Å². The predicted molar refractivity (Wildman–Crippen MR) is 221 cm³/mol. The van der Waals surface area contributed by atoms with Gasteiger partial charge >= 0.3 is 5.97 Å². The Bertz CT molecular complexity index is 1410. The number of nitrogens with zero attached hydrogens (tertiary/aromatic N) is 1. The molecule has 0 saturated carbocycles. The van der Waals surface area contributed by atoms with Crippen LogP contribution in [0.5, 0.6) is 0 Å². The van der Waals surface area contributed by atoms with Crippen LogP contribution >= 0.6 is 10.0 Å². The number of benzene rings is 1. The predicted octanol–water partition coefficient (Wildman–Crippen LogP) is 4.02. The average Bonchev–Trinajstić information content (AvgIpc) is 3.08. The summed E-state index contributed by atoms with van der Waals surface area (Å²) in [4.78, 5) is 15.5. The van der Waals surface area contributed by atoms with Gasteiger partial charge in [-0.1, -0.05) is 23.3 Å². The third-order valence-corrected chi connectivity index (χ3v) is 10.2. The van der Waals surface area contributed by atoms with Crippen molar-refractivity contribution in [1.29, 1.82) is 0 Å². The fraction of sp³-hybridized carbons (Fsp3) is 0.786. The van der Waals surface area contributed by atoms with E-state index in [4.69, 9.17) is 33.2 Å². The number of hydrogen-bond acceptors (Lipinski definition) is 13. The molecule has 56 heavy (non-hydrogen) atoms. The zero-order valence-electron chi connectivity index (χ0n) is 36.5. The first-order valence-electron chi connectivity index (χ1n) is 19.3. The van der Waals surface area contributed by atoms with E-state index < -0.39 is 93.8 Å². The molecule has 1 saturated heterocycles. The highest BCUT2D eigenvalue weighted by atomic mass is 32.3. The van der Waals surface area contributed by atoms with Crippen LogP contribution in [-0.4, -0.2) is 158 Å². The van der Waals surface area contributed by atoms with Gasteiger partial charge in [-0.15, -0.1) is 0 Å². The fourth-order valence-corrected chi connectivity index (χ4v) is 6.81. The summed E-state index contributed by atoms with van der Waals surface area (Å²) in [5, 5.41) is 48.6. The number of methoxy groups -OCH3 is 2. The van der Waals surface area contributed by atoms with Crippen molar-refractivity contribution in [2.75, 3.05) is 58.6 Å². The molecule has 0 radical (unpaired) electrons. The van der Waals surface area contributed by atoms with Crippen molar-refractivity contribution in [2.24, 2.45) is 0 Å². The Labute approximate surface area is 338 Å². The first-order chi connectivity index (χ1) is 25.7. The van der Waals surface area contributed by atoms with Gasteiger partial charge in [0, 0.05) is 46.8 Å². The summed E-state index contributed by atoms with van der Waals surface area (Å²) in [5.41, 5.74) is -1.06. The Morgan fingerprint density at radius 1 is 1.00 bits per heavy atom. The summed E-state index contributed by atoms with van der Waals surface area (Å²) in [7, 11) is 5.54. The van der Waals surface area contributed by atoms with Crippen LogP contribution in [0, 0.1) is 11.2 Å². The topological polar surface area (TPSA) is 166 Å². The van der Waals surface area contributed by atoms with Gasteiger partial charge in [0.25, 0.3) is 0 Å². The maximum atomic E-state index is 13.6. The van der Waals surface area contributed by atoms with E-state index in [-0.39, 0.29) is 26.1 Å². The van der Waals surface area contributed by atoms with E-state index >= 15 is 0 Å². The van der Waals surface area contributed by atoms with Crippen molar-refractivity contribution >= 4 is 21.7 Å². The van der Waals surface area contributed by atoms with Gasteiger partial charge in [-0.25, -0.2) is 4.79 Å². The Hall–Kier alpha value is -2.00.